The largest absolute Gasteiger partial charge is 0.416 e. The molecular weight excluding hydrogens is 579 g/mol. The van der Waals surface area contributed by atoms with Crippen molar-refractivity contribution in [3.8, 4) is 0 Å². The van der Waals surface area contributed by atoms with Crippen LogP contribution in [0.5, 0.6) is 0 Å². The smallest absolute Gasteiger partial charge is 0.367 e. The monoisotopic (exact) mass is 621 g/mol. The fourth-order valence-corrected chi connectivity index (χ4v) is 8.06. The number of halogens is 3. The molecule has 3 heterocycles. The van der Waals surface area contributed by atoms with E-state index in [9.17, 15) is 18.0 Å². The summed E-state index contributed by atoms with van der Waals surface area (Å²) in [5.74, 6) is 1.87. The van der Waals surface area contributed by atoms with Crippen molar-refractivity contribution >= 4 is 17.5 Å². The Bertz CT molecular complexity index is 1600. The first-order valence-electron chi connectivity index (χ1n) is 16.4. The lowest BCUT2D eigenvalue weighted by atomic mass is 9.58. The number of fused-ring (bicyclic) bond motifs is 1. The summed E-state index contributed by atoms with van der Waals surface area (Å²) in [6.07, 6.45) is 7.46. The minimum Gasteiger partial charge on any atom is -0.367 e. The first-order chi connectivity index (χ1) is 21.4. The molecule has 3 aliphatic carbocycles. The van der Waals surface area contributed by atoms with E-state index in [1.807, 2.05) is 17.7 Å². The number of rotatable bonds is 8. The van der Waals surface area contributed by atoms with Gasteiger partial charge in [-0.2, -0.15) is 13.2 Å². The van der Waals surface area contributed by atoms with Crippen molar-refractivity contribution in [1.29, 1.82) is 0 Å². The number of nitrogens with zero attached hydrogens (tertiary/aromatic N) is 5. The van der Waals surface area contributed by atoms with Gasteiger partial charge in [-0.1, -0.05) is 26.2 Å². The third kappa shape index (κ3) is 5.51. The van der Waals surface area contributed by atoms with Gasteiger partial charge in [-0.3, -0.25) is 9.69 Å². The van der Waals surface area contributed by atoms with E-state index >= 15 is 0 Å². The van der Waals surface area contributed by atoms with Gasteiger partial charge in [0.1, 0.15) is 23.8 Å². The highest BCUT2D eigenvalue weighted by atomic mass is 19.4. The average molecular weight is 622 g/mol. The Balaban J connectivity index is 1.28. The first-order valence-corrected chi connectivity index (χ1v) is 16.4. The number of hydrogen-bond donors (Lipinski definition) is 2. The van der Waals surface area contributed by atoms with Crippen LogP contribution in [0, 0.1) is 5.92 Å². The van der Waals surface area contributed by atoms with E-state index in [0.717, 1.165) is 69.2 Å². The lowest BCUT2D eigenvalue weighted by Gasteiger charge is -2.46. The normalized spacial score (nSPS) is 24.7. The molecule has 1 aliphatic heterocycles. The number of aryl methyl sites for hydroxylation is 1. The molecule has 0 unspecified atom stereocenters. The predicted octanol–water partition coefficient (Wildman–Crippen LogP) is 6.88. The van der Waals surface area contributed by atoms with Gasteiger partial charge in [0.05, 0.1) is 17.5 Å². The number of nitrogens with one attached hydrogen (secondary N) is 2. The predicted molar refractivity (Wildman–Crippen MR) is 166 cm³/mol. The molecule has 11 heteroatoms. The number of carbonyl (C=O) groups is 1. The second kappa shape index (κ2) is 11.1. The van der Waals surface area contributed by atoms with Crippen molar-refractivity contribution in [3.05, 3.63) is 64.2 Å². The molecule has 2 N–H and O–H groups in total. The number of carbonyl (C=O) groups excluding carboxylic acids is 1. The van der Waals surface area contributed by atoms with Crippen LogP contribution in [-0.4, -0.2) is 37.2 Å². The minimum absolute atomic E-state index is 0.0142. The van der Waals surface area contributed by atoms with Crippen LogP contribution >= 0.6 is 0 Å². The van der Waals surface area contributed by atoms with Gasteiger partial charge < -0.3 is 15.2 Å². The van der Waals surface area contributed by atoms with Gasteiger partial charge in [0, 0.05) is 30.7 Å². The molecule has 45 heavy (non-hydrogen) atoms. The summed E-state index contributed by atoms with van der Waals surface area (Å²) in [6.45, 7) is 4.40. The maximum atomic E-state index is 14.5. The number of amides is 1. The Morgan fingerprint density at radius 2 is 1.80 bits per heavy atom. The molecular formula is C34H42F3N7O. The van der Waals surface area contributed by atoms with Crippen LogP contribution in [-0.2, 0) is 31.7 Å². The molecule has 240 valence electrons. The molecule has 0 atom stereocenters. The van der Waals surface area contributed by atoms with E-state index in [1.54, 1.807) is 12.4 Å². The van der Waals surface area contributed by atoms with E-state index in [2.05, 4.69) is 40.7 Å². The van der Waals surface area contributed by atoms with Gasteiger partial charge in [0.25, 0.3) is 5.91 Å². The number of pyridine rings is 1. The maximum absolute atomic E-state index is 14.5. The molecule has 1 amide bonds. The Morgan fingerprint density at radius 3 is 2.42 bits per heavy atom. The highest BCUT2D eigenvalue weighted by Gasteiger charge is 2.49. The Kier molecular flexibility index (Phi) is 7.45. The van der Waals surface area contributed by atoms with Gasteiger partial charge in [-0.05, 0) is 98.7 Å². The molecule has 3 aromatic rings. The summed E-state index contributed by atoms with van der Waals surface area (Å²) in [7, 11) is 1.93. The Morgan fingerprint density at radius 1 is 1.04 bits per heavy atom. The Hall–Kier alpha value is -3.47. The number of hydrogen-bond acceptors (Lipinski definition) is 6. The van der Waals surface area contributed by atoms with Crippen LogP contribution in [0.15, 0.2) is 30.6 Å². The fraction of sp³-hybridized carbons (Fsp3) is 0.588. The van der Waals surface area contributed by atoms with Gasteiger partial charge >= 0.3 is 6.18 Å². The summed E-state index contributed by atoms with van der Waals surface area (Å²) in [6, 6.07) is 7.06. The van der Waals surface area contributed by atoms with E-state index < -0.39 is 23.1 Å². The van der Waals surface area contributed by atoms with Gasteiger partial charge in [0.15, 0.2) is 0 Å². The minimum atomic E-state index is -4.59. The van der Waals surface area contributed by atoms with Crippen LogP contribution < -0.4 is 15.5 Å². The van der Waals surface area contributed by atoms with Crippen molar-refractivity contribution in [2.24, 2.45) is 13.0 Å². The summed E-state index contributed by atoms with van der Waals surface area (Å²) in [5, 5.41) is 15.7. The summed E-state index contributed by atoms with van der Waals surface area (Å²) in [5.41, 5.74) is 0.307. The van der Waals surface area contributed by atoms with Crippen molar-refractivity contribution < 1.29 is 18.0 Å². The second-order valence-corrected chi connectivity index (χ2v) is 14.3. The molecule has 8 nitrogen and oxygen atoms in total. The summed E-state index contributed by atoms with van der Waals surface area (Å²) < 4.78 is 45.3. The topological polar surface area (TPSA) is 88.0 Å². The fourth-order valence-electron chi connectivity index (χ4n) is 8.06. The number of alkyl halides is 3. The zero-order chi connectivity index (χ0) is 31.6. The van der Waals surface area contributed by atoms with Crippen LogP contribution in [0.2, 0.25) is 0 Å². The van der Waals surface area contributed by atoms with E-state index in [4.69, 9.17) is 4.98 Å². The van der Waals surface area contributed by atoms with Crippen LogP contribution in [0.3, 0.4) is 0 Å². The number of aromatic nitrogens is 4. The second-order valence-electron chi connectivity index (χ2n) is 14.3. The third-order valence-corrected chi connectivity index (χ3v) is 10.7. The SMILES string of the molecule is CC1CC(c2cc(NC3CCCCC3)nc(N3Cc4c(cc(CNC5(C)CCC5)cc4C(F)(F)F)C3=O)c2)(c2nncn2C)C1. The molecule has 7 rings (SSSR count). The standard InChI is InChI=1S/C34H42F3N7O/c1-21-16-33(17-21,31-42-39-20-43(31)3)23-14-28(40-24-8-5-4-6-9-24)41-29(15-23)44-19-26-25(30(44)45)12-22(13-27(26)34(35,36)37)18-38-32(2)10-7-11-32/h12-15,20-21,24,38H,4-11,16-19H2,1-3H3,(H,40,41). The summed E-state index contributed by atoms with van der Waals surface area (Å²) in [4.78, 5) is 20.3. The molecule has 0 radical (unpaired) electrons. The van der Waals surface area contributed by atoms with Gasteiger partial charge in [-0.15, -0.1) is 10.2 Å². The molecule has 3 fully saturated rings. The zero-order valence-corrected chi connectivity index (χ0v) is 26.3. The lowest BCUT2D eigenvalue weighted by Crippen LogP contribution is -2.47. The number of anilines is 2. The zero-order valence-electron chi connectivity index (χ0n) is 26.3. The van der Waals surface area contributed by atoms with Crippen molar-refractivity contribution in [2.75, 3.05) is 10.2 Å². The van der Waals surface area contributed by atoms with Crippen LogP contribution in [0.1, 0.15) is 116 Å². The summed E-state index contributed by atoms with van der Waals surface area (Å²) >= 11 is 0. The maximum Gasteiger partial charge on any atom is 0.416 e. The Labute approximate surface area is 262 Å². The van der Waals surface area contributed by atoms with Gasteiger partial charge in [-0.25, -0.2) is 4.98 Å². The van der Waals surface area contributed by atoms with Crippen molar-refractivity contribution in [1.82, 2.24) is 25.1 Å². The van der Waals surface area contributed by atoms with Crippen LogP contribution in [0.4, 0.5) is 24.8 Å². The average Bonchev–Trinajstić information content (AvgIpc) is 3.55. The quantitative estimate of drug-likeness (QED) is 0.285. The molecule has 0 saturated heterocycles. The molecule has 2 aromatic heterocycles. The van der Waals surface area contributed by atoms with E-state index in [-0.39, 0.29) is 35.8 Å². The number of benzene rings is 1. The van der Waals surface area contributed by atoms with Crippen molar-refractivity contribution in [2.45, 2.75) is 114 Å². The van der Waals surface area contributed by atoms with Crippen molar-refractivity contribution in [3.63, 3.8) is 0 Å². The lowest BCUT2D eigenvalue weighted by molar-refractivity contribution is -0.138. The molecule has 4 aliphatic rings. The third-order valence-electron chi connectivity index (χ3n) is 10.7. The molecule has 0 bridgehead atoms. The van der Waals surface area contributed by atoms with Gasteiger partial charge in [0.2, 0.25) is 0 Å². The highest BCUT2D eigenvalue weighted by molar-refractivity contribution is 6.10. The molecule has 1 aromatic carbocycles. The van der Waals surface area contributed by atoms with Crippen LogP contribution in [0.25, 0.3) is 0 Å². The van der Waals surface area contributed by atoms with E-state index in [0.29, 0.717) is 23.1 Å². The molecule has 0 spiro atoms. The first kappa shape index (κ1) is 30.2. The molecule has 3 saturated carbocycles. The van der Waals surface area contributed by atoms with E-state index in [1.165, 1.54) is 17.4 Å². The highest BCUT2D eigenvalue weighted by Crippen LogP contribution is 2.52.